The summed E-state index contributed by atoms with van der Waals surface area (Å²) >= 11 is 6.04. The third-order valence-corrected chi connectivity index (χ3v) is 4.88. The van der Waals surface area contributed by atoms with Gasteiger partial charge in [-0.1, -0.05) is 32.4 Å². The van der Waals surface area contributed by atoms with Crippen LogP contribution in [0, 0.1) is 5.41 Å². The molecule has 1 saturated heterocycles. The summed E-state index contributed by atoms with van der Waals surface area (Å²) in [5, 5.41) is 20.9. The van der Waals surface area contributed by atoms with Gasteiger partial charge in [0.25, 0.3) is 5.56 Å². The number of carboxylic acid groups (broad SMARTS) is 1. The number of anilines is 1. The van der Waals surface area contributed by atoms with Crippen molar-refractivity contribution < 1.29 is 15.0 Å². The van der Waals surface area contributed by atoms with Gasteiger partial charge in [0.2, 0.25) is 5.95 Å². The summed E-state index contributed by atoms with van der Waals surface area (Å²) in [4.78, 5) is 29.9. The Balaban J connectivity index is 2.42. The van der Waals surface area contributed by atoms with Crippen LogP contribution in [0.3, 0.4) is 0 Å². The molecule has 0 spiro atoms. The van der Waals surface area contributed by atoms with Gasteiger partial charge >= 0.3 is 6.09 Å². The molecule has 1 amide bonds. The van der Waals surface area contributed by atoms with E-state index in [9.17, 15) is 9.59 Å². The van der Waals surface area contributed by atoms with Gasteiger partial charge in [0, 0.05) is 37.8 Å². The molecule has 2 unspecified atom stereocenters. The third kappa shape index (κ3) is 4.88. The summed E-state index contributed by atoms with van der Waals surface area (Å²) in [6, 6.07) is 1.09. The van der Waals surface area contributed by atoms with E-state index in [1.807, 2.05) is 4.90 Å². The minimum atomic E-state index is -1.03. The van der Waals surface area contributed by atoms with Gasteiger partial charge in [-0.05, 0) is 24.7 Å². The van der Waals surface area contributed by atoms with Crippen LogP contribution in [0.4, 0.5) is 10.7 Å². The van der Waals surface area contributed by atoms with Crippen molar-refractivity contribution in [1.82, 2.24) is 14.9 Å². The molecule has 3 N–H and O–H groups in total. The quantitative estimate of drug-likeness (QED) is 0.667. The van der Waals surface area contributed by atoms with Crippen molar-refractivity contribution in [2.75, 3.05) is 18.1 Å². The topological polar surface area (TPSA) is 108 Å². The number of nitrogens with one attached hydrogen (secondary N) is 1. The zero-order valence-corrected chi connectivity index (χ0v) is 16.2. The minimum Gasteiger partial charge on any atom is -0.465 e. The van der Waals surface area contributed by atoms with Crippen LogP contribution in [0.1, 0.15) is 40.0 Å². The lowest BCUT2D eigenvalue weighted by atomic mass is 9.79. The maximum atomic E-state index is 12.4. The van der Waals surface area contributed by atoms with E-state index in [0.717, 1.165) is 0 Å². The van der Waals surface area contributed by atoms with Crippen LogP contribution in [-0.2, 0) is 6.54 Å². The van der Waals surface area contributed by atoms with Crippen LogP contribution in [0.25, 0.3) is 0 Å². The molecular weight excluding hydrogens is 360 g/mol. The van der Waals surface area contributed by atoms with Gasteiger partial charge in [-0.2, -0.15) is 0 Å². The lowest BCUT2D eigenvalue weighted by molar-refractivity contribution is 0.176. The first-order valence-electron chi connectivity index (χ1n) is 8.78. The Bertz CT molecular complexity index is 701. The third-order valence-electron chi connectivity index (χ3n) is 4.68. The van der Waals surface area contributed by atoms with Crippen molar-refractivity contribution in [3.63, 3.8) is 0 Å². The Morgan fingerprint density at radius 1 is 1.46 bits per heavy atom. The largest absolute Gasteiger partial charge is 0.465 e. The van der Waals surface area contributed by atoms with Gasteiger partial charge in [-0.25, -0.2) is 9.78 Å². The number of hydrogen-bond donors (Lipinski definition) is 3. The molecular formula is C17H27ClN4O4. The maximum Gasteiger partial charge on any atom is 0.404 e. The molecule has 26 heavy (non-hydrogen) atoms. The van der Waals surface area contributed by atoms with Crippen molar-refractivity contribution in [3.05, 3.63) is 21.6 Å². The number of piperidine rings is 1. The Kier molecular flexibility index (Phi) is 6.52. The van der Waals surface area contributed by atoms with E-state index in [1.54, 1.807) is 0 Å². The Hall–Kier alpha value is -1.80. The van der Waals surface area contributed by atoms with Gasteiger partial charge in [0.05, 0.1) is 0 Å². The van der Waals surface area contributed by atoms with E-state index < -0.39 is 6.09 Å². The van der Waals surface area contributed by atoms with Crippen molar-refractivity contribution in [2.24, 2.45) is 5.41 Å². The predicted molar refractivity (Wildman–Crippen MR) is 100.0 cm³/mol. The fourth-order valence-electron chi connectivity index (χ4n) is 3.46. The summed E-state index contributed by atoms with van der Waals surface area (Å²) in [5.41, 5.74) is -0.423. The molecule has 146 valence electrons. The van der Waals surface area contributed by atoms with Crippen LogP contribution in [0.15, 0.2) is 10.9 Å². The lowest BCUT2D eigenvalue weighted by Crippen LogP contribution is -2.56. The fourth-order valence-corrected chi connectivity index (χ4v) is 3.63. The average molecular weight is 387 g/mol. The predicted octanol–water partition coefficient (Wildman–Crippen LogP) is 1.93. The zero-order chi connectivity index (χ0) is 19.5. The lowest BCUT2D eigenvalue weighted by Gasteiger charge is -2.46. The molecule has 1 aliphatic rings. The first-order valence-corrected chi connectivity index (χ1v) is 9.15. The number of rotatable bonds is 5. The molecule has 2 rings (SSSR count). The SMILES string of the molecule is CC(C)(C)C1CC(NC(=O)O)CCN1c1nc(Cl)cc(=O)n1CCCO. The average Bonchev–Trinajstić information content (AvgIpc) is 2.52. The van der Waals surface area contributed by atoms with Crippen molar-refractivity contribution >= 4 is 23.6 Å². The van der Waals surface area contributed by atoms with E-state index in [0.29, 0.717) is 38.3 Å². The first kappa shape index (κ1) is 20.5. The molecule has 0 radical (unpaired) electrons. The molecule has 1 aliphatic heterocycles. The van der Waals surface area contributed by atoms with Gasteiger partial charge < -0.3 is 20.4 Å². The van der Waals surface area contributed by atoms with E-state index in [1.165, 1.54) is 10.6 Å². The number of hydrogen-bond acceptors (Lipinski definition) is 5. The molecule has 2 atom stereocenters. The number of carbonyl (C=O) groups is 1. The molecule has 0 saturated carbocycles. The van der Waals surface area contributed by atoms with E-state index >= 15 is 0 Å². The molecule has 9 heteroatoms. The molecule has 1 aromatic heterocycles. The number of halogens is 1. The number of aliphatic hydroxyl groups excluding tert-OH is 1. The highest BCUT2D eigenvalue weighted by atomic mass is 35.5. The molecule has 0 bridgehead atoms. The van der Waals surface area contributed by atoms with E-state index in [4.69, 9.17) is 21.8 Å². The van der Waals surface area contributed by atoms with Crippen LogP contribution >= 0.6 is 11.6 Å². The van der Waals surface area contributed by atoms with E-state index in [-0.39, 0.29) is 34.8 Å². The summed E-state index contributed by atoms with van der Waals surface area (Å²) < 4.78 is 1.53. The fraction of sp³-hybridized carbons (Fsp3) is 0.706. The number of aromatic nitrogens is 2. The Morgan fingerprint density at radius 3 is 2.73 bits per heavy atom. The molecule has 1 fully saturated rings. The smallest absolute Gasteiger partial charge is 0.404 e. The Labute approximate surface area is 157 Å². The molecule has 2 heterocycles. The highest BCUT2D eigenvalue weighted by Gasteiger charge is 2.38. The van der Waals surface area contributed by atoms with Crippen LogP contribution in [0.5, 0.6) is 0 Å². The highest BCUT2D eigenvalue weighted by Crippen LogP contribution is 2.34. The molecule has 0 aliphatic carbocycles. The van der Waals surface area contributed by atoms with Gasteiger partial charge in [-0.3, -0.25) is 9.36 Å². The number of amides is 1. The Morgan fingerprint density at radius 2 is 2.15 bits per heavy atom. The summed E-state index contributed by atoms with van der Waals surface area (Å²) in [6.45, 7) is 7.11. The zero-order valence-electron chi connectivity index (χ0n) is 15.4. The van der Waals surface area contributed by atoms with Crippen LogP contribution in [-0.4, -0.2) is 51.1 Å². The molecule has 0 aromatic carbocycles. The maximum absolute atomic E-state index is 12.4. The summed E-state index contributed by atoms with van der Waals surface area (Å²) in [6.07, 6.45) is 0.629. The monoisotopic (exact) mass is 386 g/mol. The first-order chi connectivity index (χ1) is 12.1. The second kappa shape index (κ2) is 8.26. The van der Waals surface area contributed by atoms with Gasteiger partial charge in [0.15, 0.2) is 0 Å². The van der Waals surface area contributed by atoms with E-state index in [2.05, 4.69) is 31.1 Å². The number of aliphatic hydroxyl groups is 1. The standard InChI is InChI=1S/C17H27ClN4O4/c1-17(2,3)12-9-11(19-16(25)26)5-7-21(12)15-20-13(18)10-14(24)22(15)6-4-8-23/h10-12,19,23H,4-9H2,1-3H3,(H,25,26). The summed E-state index contributed by atoms with van der Waals surface area (Å²) in [7, 11) is 0. The van der Waals surface area contributed by atoms with Crippen molar-refractivity contribution in [2.45, 2.75) is 58.7 Å². The highest BCUT2D eigenvalue weighted by molar-refractivity contribution is 6.29. The normalized spacial score (nSPS) is 20.9. The van der Waals surface area contributed by atoms with Crippen LogP contribution in [0.2, 0.25) is 5.15 Å². The number of nitrogens with zero attached hydrogens (tertiary/aromatic N) is 3. The van der Waals surface area contributed by atoms with Crippen molar-refractivity contribution in [1.29, 1.82) is 0 Å². The molecule has 8 nitrogen and oxygen atoms in total. The molecule has 1 aromatic rings. The van der Waals surface area contributed by atoms with Gasteiger partial charge in [-0.15, -0.1) is 0 Å². The second-order valence-corrected chi connectivity index (χ2v) is 8.08. The minimum absolute atomic E-state index is 0.0260. The van der Waals surface area contributed by atoms with Crippen molar-refractivity contribution in [3.8, 4) is 0 Å². The van der Waals surface area contributed by atoms with Crippen LogP contribution < -0.4 is 15.8 Å². The second-order valence-electron chi connectivity index (χ2n) is 7.69. The van der Waals surface area contributed by atoms with Gasteiger partial charge in [0.1, 0.15) is 5.15 Å². The summed E-state index contributed by atoms with van der Waals surface area (Å²) in [5.74, 6) is 0.477.